The van der Waals surface area contributed by atoms with E-state index in [9.17, 15) is 10.2 Å². The predicted octanol–water partition coefficient (Wildman–Crippen LogP) is 1.69. The molecule has 2 unspecified atom stereocenters. The summed E-state index contributed by atoms with van der Waals surface area (Å²) in [6.45, 7) is 5.78. The van der Waals surface area contributed by atoms with Gasteiger partial charge in [0.1, 0.15) is 0 Å². The summed E-state index contributed by atoms with van der Waals surface area (Å²) in [6.07, 6.45) is 6.05. The van der Waals surface area contributed by atoms with E-state index in [2.05, 4.69) is 19.2 Å². The lowest BCUT2D eigenvalue weighted by atomic mass is 9.89. The predicted molar refractivity (Wildman–Crippen MR) is 77.2 cm³/mol. The molecule has 4 heteroatoms. The third-order valence-electron chi connectivity index (χ3n) is 3.87. The molecular formula is C15H31NO3. The van der Waals surface area contributed by atoms with Crippen LogP contribution in [0.25, 0.3) is 0 Å². The molecule has 0 aromatic heterocycles. The van der Waals surface area contributed by atoms with Gasteiger partial charge in [-0.05, 0) is 38.0 Å². The SMILES string of the molecule is CCCC(O)CNCC(O)COC1CCC(C)CC1. The lowest BCUT2D eigenvalue weighted by molar-refractivity contribution is -0.0283. The van der Waals surface area contributed by atoms with Crippen molar-refractivity contribution in [1.29, 1.82) is 0 Å². The van der Waals surface area contributed by atoms with Crippen molar-refractivity contribution in [2.24, 2.45) is 5.92 Å². The molecule has 3 N–H and O–H groups in total. The Bertz CT molecular complexity index is 217. The summed E-state index contributed by atoms with van der Waals surface area (Å²) < 4.78 is 5.75. The van der Waals surface area contributed by atoms with Crippen LogP contribution in [0.5, 0.6) is 0 Å². The lowest BCUT2D eigenvalue weighted by Crippen LogP contribution is -2.36. The lowest BCUT2D eigenvalue weighted by Gasteiger charge is -2.27. The number of aliphatic hydroxyl groups excluding tert-OH is 2. The zero-order chi connectivity index (χ0) is 14.1. The molecule has 4 nitrogen and oxygen atoms in total. The van der Waals surface area contributed by atoms with Gasteiger partial charge in [-0.2, -0.15) is 0 Å². The van der Waals surface area contributed by atoms with E-state index in [1.54, 1.807) is 0 Å². The van der Waals surface area contributed by atoms with Crippen LogP contribution in [-0.2, 0) is 4.74 Å². The van der Waals surface area contributed by atoms with Gasteiger partial charge in [0.25, 0.3) is 0 Å². The molecule has 19 heavy (non-hydrogen) atoms. The number of rotatable bonds is 9. The summed E-state index contributed by atoms with van der Waals surface area (Å²) in [6, 6.07) is 0. The molecule has 0 aromatic carbocycles. The van der Waals surface area contributed by atoms with Gasteiger partial charge in [0.2, 0.25) is 0 Å². The first-order valence-electron chi connectivity index (χ1n) is 7.80. The highest BCUT2D eigenvalue weighted by Crippen LogP contribution is 2.25. The van der Waals surface area contributed by atoms with E-state index < -0.39 is 6.10 Å². The van der Waals surface area contributed by atoms with Crippen molar-refractivity contribution < 1.29 is 14.9 Å². The maximum Gasteiger partial charge on any atom is 0.0897 e. The highest BCUT2D eigenvalue weighted by molar-refractivity contribution is 4.71. The molecule has 0 bridgehead atoms. The Labute approximate surface area is 117 Å². The van der Waals surface area contributed by atoms with E-state index >= 15 is 0 Å². The number of aliphatic hydroxyl groups is 2. The molecule has 1 saturated carbocycles. The first-order valence-corrected chi connectivity index (χ1v) is 7.80. The molecule has 0 amide bonds. The van der Waals surface area contributed by atoms with Crippen LogP contribution in [0.4, 0.5) is 0 Å². The third-order valence-corrected chi connectivity index (χ3v) is 3.87. The van der Waals surface area contributed by atoms with E-state index in [4.69, 9.17) is 4.74 Å². The van der Waals surface area contributed by atoms with E-state index in [0.29, 0.717) is 25.8 Å². The fraction of sp³-hybridized carbons (Fsp3) is 1.00. The summed E-state index contributed by atoms with van der Waals surface area (Å²) in [5.74, 6) is 0.825. The first-order chi connectivity index (χ1) is 9.11. The molecule has 0 heterocycles. The highest BCUT2D eigenvalue weighted by Gasteiger charge is 2.19. The fourth-order valence-electron chi connectivity index (χ4n) is 2.55. The van der Waals surface area contributed by atoms with Crippen molar-refractivity contribution in [2.75, 3.05) is 19.7 Å². The van der Waals surface area contributed by atoms with Crippen LogP contribution < -0.4 is 5.32 Å². The van der Waals surface area contributed by atoms with Crippen molar-refractivity contribution in [3.05, 3.63) is 0 Å². The molecule has 0 radical (unpaired) electrons. The Kier molecular flexibility index (Phi) is 8.62. The molecule has 1 aliphatic rings. The highest BCUT2D eigenvalue weighted by atomic mass is 16.5. The van der Waals surface area contributed by atoms with Gasteiger partial charge in [0, 0.05) is 13.1 Å². The fourth-order valence-corrected chi connectivity index (χ4v) is 2.55. The maximum atomic E-state index is 9.81. The number of nitrogens with one attached hydrogen (secondary N) is 1. The second-order valence-corrected chi connectivity index (χ2v) is 5.97. The Morgan fingerprint density at radius 2 is 1.74 bits per heavy atom. The zero-order valence-electron chi connectivity index (χ0n) is 12.5. The van der Waals surface area contributed by atoms with Crippen molar-refractivity contribution in [3.8, 4) is 0 Å². The molecule has 114 valence electrons. The van der Waals surface area contributed by atoms with Crippen molar-refractivity contribution in [1.82, 2.24) is 5.32 Å². The number of hydrogen-bond acceptors (Lipinski definition) is 4. The normalized spacial score (nSPS) is 27.2. The smallest absolute Gasteiger partial charge is 0.0897 e. The van der Waals surface area contributed by atoms with Gasteiger partial charge >= 0.3 is 0 Å². The maximum absolute atomic E-state index is 9.81. The largest absolute Gasteiger partial charge is 0.392 e. The minimum absolute atomic E-state index is 0.307. The quantitative estimate of drug-likeness (QED) is 0.598. The zero-order valence-corrected chi connectivity index (χ0v) is 12.5. The topological polar surface area (TPSA) is 61.7 Å². The average molecular weight is 273 g/mol. The molecule has 1 rings (SSSR count). The van der Waals surface area contributed by atoms with Crippen molar-refractivity contribution in [3.63, 3.8) is 0 Å². The molecule has 0 aliphatic heterocycles. The van der Waals surface area contributed by atoms with Gasteiger partial charge in [-0.3, -0.25) is 0 Å². The summed E-state index contributed by atoms with van der Waals surface area (Å²) in [7, 11) is 0. The number of hydrogen-bond donors (Lipinski definition) is 3. The molecule has 0 aromatic rings. The minimum atomic E-state index is -0.479. The first kappa shape index (κ1) is 16.9. The van der Waals surface area contributed by atoms with Gasteiger partial charge < -0.3 is 20.3 Å². The second-order valence-electron chi connectivity index (χ2n) is 5.97. The monoisotopic (exact) mass is 273 g/mol. The van der Waals surface area contributed by atoms with Gasteiger partial charge in [-0.1, -0.05) is 20.3 Å². The van der Waals surface area contributed by atoms with Crippen LogP contribution in [0, 0.1) is 5.92 Å². The standard InChI is InChI=1S/C15H31NO3/c1-3-4-13(17)9-16-10-14(18)11-19-15-7-5-12(2)6-8-15/h12-18H,3-11H2,1-2H3. The van der Waals surface area contributed by atoms with E-state index in [1.807, 2.05) is 0 Å². The molecule has 0 spiro atoms. The van der Waals surface area contributed by atoms with E-state index in [0.717, 1.165) is 31.6 Å². The minimum Gasteiger partial charge on any atom is -0.392 e. The van der Waals surface area contributed by atoms with Crippen LogP contribution >= 0.6 is 0 Å². The Balaban J connectivity index is 2.00. The van der Waals surface area contributed by atoms with Crippen molar-refractivity contribution in [2.45, 2.75) is 70.7 Å². The molecule has 1 aliphatic carbocycles. The van der Waals surface area contributed by atoms with Crippen LogP contribution in [0.3, 0.4) is 0 Å². The summed E-state index contributed by atoms with van der Waals surface area (Å²) in [5, 5.41) is 22.4. The Morgan fingerprint density at radius 1 is 1.11 bits per heavy atom. The van der Waals surface area contributed by atoms with Crippen LogP contribution in [0.1, 0.15) is 52.4 Å². The van der Waals surface area contributed by atoms with E-state index in [-0.39, 0.29) is 6.10 Å². The number of ether oxygens (including phenoxy) is 1. The average Bonchev–Trinajstić information content (AvgIpc) is 2.38. The van der Waals surface area contributed by atoms with Crippen LogP contribution in [0.15, 0.2) is 0 Å². The summed E-state index contributed by atoms with van der Waals surface area (Å²) in [4.78, 5) is 0. The van der Waals surface area contributed by atoms with Crippen LogP contribution in [-0.4, -0.2) is 48.2 Å². The van der Waals surface area contributed by atoms with Crippen molar-refractivity contribution >= 4 is 0 Å². The third kappa shape index (κ3) is 7.88. The molecule has 1 fully saturated rings. The van der Waals surface area contributed by atoms with Crippen LogP contribution in [0.2, 0.25) is 0 Å². The molecule has 2 atom stereocenters. The summed E-state index contributed by atoms with van der Waals surface area (Å²) >= 11 is 0. The van der Waals surface area contributed by atoms with Gasteiger partial charge in [0.05, 0.1) is 24.9 Å². The summed E-state index contributed by atoms with van der Waals surface area (Å²) in [5.41, 5.74) is 0. The van der Waals surface area contributed by atoms with Gasteiger partial charge in [-0.25, -0.2) is 0 Å². The van der Waals surface area contributed by atoms with Gasteiger partial charge in [-0.15, -0.1) is 0 Å². The Hall–Kier alpha value is -0.160. The Morgan fingerprint density at radius 3 is 2.37 bits per heavy atom. The second kappa shape index (κ2) is 9.70. The van der Waals surface area contributed by atoms with E-state index in [1.165, 1.54) is 12.8 Å². The van der Waals surface area contributed by atoms with Gasteiger partial charge in [0.15, 0.2) is 0 Å². The molecule has 0 saturated heterocycles. The molecular weight excluding hydrogens is 242 g/mol.